The van der Waals surface area contributed by atoms with Gasteiger partial charge in [-0.1, -0.05) is 38.3 Å². The third-order valence-electron chi connectivity index (χ3n) is 2.24. The number of rotatable bonds is 4. The first-order valence-corrected chi connectivity index (χ1v) is 4.38. The van der Waals surface area contributed by atoms with Crippen molar-refractivity contribution in [2.75, 3.05) is 0 Å². The summed E-state index contributed by atoms with van der Waals surface area (Å²) in [7, 11) is 0. The van der Waals surface area contributed by atoms with E-state index >= 15 is 0 Å². The summed E-state index contributed by atoms with van der Waals surface area (Å²) in [6.45, 7) is 6.83. The van der Waals surface area contributed by atoms with E-state index in [2.05, 4.69) is 26.8 Å². The molecule has 58 valence electrons. The van der Waals surface area contributed by atoms with Crippen LogP contribution >= 0.6 is 0 Å². The van der Waals surface area contributed by atoms with Crippen molar-refractivity contribution in [3.05, 3.63) is 11.6 Å². The zero-order chi connectivity index (χ0) is 7.56. The minimum absolute atomic E-state index is 0.888. The Balaban J connectivity index is 1.88. The molecule has 0 nitrogen and oxygen atoms in total. The van der Waals surface area contributed by atoms with Gasteiger partial charge >= 0.3 is 0 Å². The third-order valence-corrected chi connectivity index (χ3v) is 2.24. The van der Waals surface area contributed by atoms with E-state index in [1.54, 1.807) is 5.57 Å². The summed E-state index contributed by atoms with van der Waals surface area (Å²) in [6.07, 6.45) is 6.60. The Morgan fingerprint density at radius 1 is 1.50 bits per heavy atom. The van der Waals surface area contributed by atoms with Gasteiger partial charge in [0, 0.05) is 0 Å². The quantitative estimate of drug-likeness (QED) is 0.522. The van der Waals surface area contributed by atoms with E-state index in [0.29, 0.717) is 0 Å². The van der Waals surface area contributed by atoms with Crippen LogP contribution in [0.4, 0.5) is 0 Å². The van der Waals surface area contributed by atoms with E-state index < -0.39 is 0 Å². The van der Waals surface area contributed by atoms with E-state index in [1.807, 2.05) is 0 Å². The molecule has 0 saturated carbocycles. The molecule has 0 saturated heterocycles. The summed E-state index contributed by atoms with van der Waals surface area (Å²) in [5.41, 5.74) is 1.61. The largest absolute Gasteiger partial charge is 0.0778 e. The summed E-state index contributed by atoms with van der Waals surface area (Å²) in [5, 5.41) is 0. The smallest absolute Gasteiger partial charge is 0.00230 e. The van der Waals surface area contributed by atoms with Gasteiger partial charge in [-0.2, -0.15) is 0 Å². The minimum atomic E-state index is 0.888. The molecule has 1 aliphatic rings. The van der Waals surface area contributed by atoms with Crippen molar-refractivity contribution in [1.82, 2.24) is 0 Å². The van der Waals surface area contributed by atoms with Crippen LogP contribution in [0, 0.1) is 11.8 Å². The molecule has 0 heteroatoms. The van der Waals surface area contributed by atoms with E-state index in [9.17, 15) is 0 Å². The van der Waals surface area contributed by atoms with Crippen molar-refractivity contribution in [2.45, 2.75) is 40.0 Å². The fourth-order valence-electron chi connectivity index (χ4n) is 1.33. The average molecular weight is 138 g/mol. The molecule has 0 N–H and O–H groups in total. The van der Waals surface area contributed by atoms with Crippen LogP contribution in [0.3, 0.4) is 0 Å². The third kappa shape index (κ3) is 2.55. The maximum atomic E-state index is 2.38. The molecule has 0 heterocycles. The van der Waals surface area contributed by atoms with Crippen LogP contribution in [0.1, 0.15) is 40.0 Å². The summed E-state index contributed by atoms with van der Waals surface area (Å²) in [6, 6.07) is 0. The van der Waals surface area contributed by atoms with Gasteiger partial charge in [-0.15, -0.1) is 0 Å². The molecule has 0 aromatic heterocycles. The molecule has 1 unspecified atom stereocenters. The Kier molecular flexibility index (Phi) is 2.53. The Labute approximate surface area is 64.3 Å². The molecule has 1 aliphatic carbocycles. The molecular formula is C10H18. The lowest BCUT2D eigenvalue weighted by Crippen LogP contribution is -1.88. The molecular weight excluding hydrogens is 120 g/mol. The van der Waals surface area contributed by atoms with Gasteiger partial charge in [0.25, 0.3) is 0 Å². The first kappa shape index (κ1) is 7.84. The molecule has 0 radical (unpaired) electrons. The molecule has 1 atom stereocenters. The summed E-state index contributed by atoms with van der Waals surface area (Å²) >= 11 is 0. The van der Waals surface area contributed by atoms with E-state index in [1.165, 1.54) is 19.3 Å². The van der Waals surface area contributed by atoms with Gasteiger partial charge in [-0.3, -0.25) is 0 Å². The van der Waals surface area contributed by atoms with Crippen molar-refractivity contribution in [3.8, 4) is 0 Å². The normalized spacial score (nSPS) is 23.2. The first-order chi connectivity index (χ1) is 4.70. The van der Waals surface area contributed by atoms with Crippen LogP contribution in [0.2, 0.25) is 0 Å². The molecule has 0 aromatic carbocycles. The highest BCUT2D eigenvalue weighted by Gasteiger charge is 2.18. The Bertz CT molecular complexity index is 131. The average Bonchev–Trinajstić information content (AvgIpc) is 2.46. The zero-order valence-electron chi connectivity index (χ0n) is 7.35. The fourth-order valence-corrected chi connectivity index (χ4v) is 1.33. The summed E-state index contributed by atoms with van der Waals surface area (Å²) in [5.74, 6) is 1.79. The molecule has 0 spiro atoms. The van der Waals surface area contributed by atoms with Gasteiger partial charge in [0.15, 0.2) is 0 Å². The van der Waals surface area contributed by atoms with Crippen LogP contribution in [-0.2, 0) is 0 Å². The molecule has 1 rings (SSSR count). The van der Waals surface area contributed by atoms with Crippen LogP contribution in [0.15, 0.2) is 11.6 Å². The van der Waals surface area contributed by atoms with Crippen molar-refractivity contribution < 1.29 is 0 Å². The lowest BCUT2D eigenvalue weighted by Gasteiger charge is -2.02. The van der Waals surface area contributed by atoms with E-state index in [4.69, 9.17) is 0 Å². The van der Waals surface area contributed by atoms with E-state index in [-0.39, 0.29) is 0 Å². The van der Waals surface area contributed by atoms with Crippen molar-refractivity contribution in [3.63, 3.8) is 0 Å². The summed E-state index contributed by atoms with van der Waals surface area (Å²) in [4.78, 5) is 0. The zero-order valence-corrected chi connectivity index (χ0v) is 7.35. The topological polar surface area (TPSA) is 0 Å². The SMILES string of the molecule is CC1=CC1CCCC(C)C. The minimum Gasteiger partial charge on any atom is -0.0778 e. The van der Waals surface area contributed by atoms with Crippen LogP contribution in [0.25, 0.3) is 0 Å². The van der Waals surface area contributed by atoms with Crippen molar-refractivity contribution >= 4 is 0 Å². The molecule has 0 aliphatic heterocycles. The van der Waals surface area contributed by atoms with Crippen LogP contribution < -0.4 is 0 Å². The molecule has 0 aromatic rings. The van der Waals surface area contributed by atoms with Crippen molar-refractivity contribution in [2.24, 2.45) is 11.8 Å². The number of hydrogen-bond acceptors (Lipinski definition) is 0. The van der Waals surface area contributed by atoms with Gasteiger partial charge in [0.1, 0.15) is 0 Å². The van der Waals surface area contributed by atoms with Crippen LogP contribution in [-0.4, -0.2) is 0 Å². The maximum absolute atomic E-state index is 2.38. The Morgan fingerprint density at radius 2 is 2.10 bits per heavy atom. The Hall–Kier alpha value is -0.260. The molecule has 10 heavy (non-hydrogen) atoms. The van der Waals surface area contributed by atoms with Gasteiger partial charge in [-0.25, -0.2) is 0 Å². The molecule has 0 bridgehead atoms. The predicted molar refractivity (Wildman–Crippen MR) is 45.9 cm³/mol. The van der Waals surface area contributed by atoms with Gasteiger partial charge in [0.2, 0.25) is 0 Å². The summed E-state index contributed by atoms with van der Waals surface area (Å²) < 4.78 is 0. The lowest BCUT2D eigenvalue weighted by molar-refractivity contribution is 0.526. The van der Waals surface area contributed by atoms with Gasteiger partial charge in [-0.05, 0) is 25.2 Å². The van der Waals surface area contributed by atoms with Gasteiger partial charge in [0.05, 0.1) is 0 Å². The number of hydrogen-bond donors (Lipinski definition) is 0. The first-order valence-electron chi connectivity index (χ1n) is 4.38. The monoisotopic (exact) mass is 138 g/mol. The van der Waals surface area contributed by atoms with Crippen molar-refractivity contribution in [1.29, 1.82) is 0 Å². The highest BCUT2D eigenvalue weighted by atomic mass is 14.2. The standard InChI is InChI=1S/C10H18/c1-8(2)5-4-6-10-7-9(10)3/h7-8,10H,4-6H2,1-3H3. The lowest BCUT2D eigenvalue weighted by atomic mass is 10.0. The highest BCUT2D eigenvalue weighted by molar-refractivity contribution is 5.26. The second kappa shape index (κ2) is 3.23. The molecule has 0 fully saturated rings. The predicted octanol–water partition coefficient (Wildman–Crippen LogP) is 3.39. The Morgan fingerprint density at radius 3 is 2.50 bits per heavy atom. The maximum Gasteiger partial charge on any atom is -0.00230 e. The number of allylic oxidation sites excluding steroid dienone is 2. The fraction of sp³-hybridized carbons (Fsp3) is 0.800. The second-order valence-corrected chi connectivity index (χ2v) is 3.84. The highest BCUT2D eigenvalue weighted by Crippen LogP contribution is 2.32. The van der Waals surface area contributed by atoms with Crippen LogP contribution in [0.5, 0.6) is 0 Å². The molecule has 0 amide bonds. The second-order valence-electron chi connectivity index (χ2n) is 3.84. The van der Waals surface area contributed by atoms with E-state index in [0.717, 1.165) is 11.8 Å². The van der Waals surface area contributed by atoms with Gasteiger partial charge < -0.3 is 0 Å².